The second kappa shape index (κ2) is 6.96. The van der Waals surface area contributed by atoms with Crippen LogP contribution in [-0.2, 0) is 9.59 Å². The Kier molecular flexibility index (Phi) is 4.75. The zero-order valence-corrected chi connectivity index (χ0v) is 13.8. The van der Waals surface area contributed by atoms with Crippen LogP contribution in [0.15, 0.2) is 24.4 Å². The van der Waals surface area contributed by atoms with E-state index in [2.05, 4.69) is 9.88 Å². The Morgan fingerprint density at radius 3 is 2.42 bits per heavy atom. The van der Waals surface area contributed by atoms with Gasteiger partial charge in [0.2, 0.25) is 0 Å². The third-order valence-corrected chi connectivity index (χ3v) is 4.47. The first-order chi connectivity index (χ1) is 11.6. The van der Waals surface area contributed by atoms with Crippen molar-refractivity contribution in [2.45, 2.75) is 13.3 Å². The Balaban J connectivity index is 1.57. The standard InChI is InChI=1S/C16H21N5O3/c1-2-7-20-14(22)15(23)21(16(20)24)12-18-8-10-19(11-9-18)13-5-3-4-6-17-13/h3-6H,2,7-12H2,1H3/p+2. The molecule has 0 aromatic carbocycles. The van der Waals surface area contributed by atoms with E-state index in [-0.39, 0.29) is 6.67 Å². The van der Waals surface area contributed by atoms with Gasteiger partial charge in [-0.1, -0.05) is 13.0 Å². The second-order valence-corrected chi connectivity index (χ2v) is 6.12. The lowest BCUT2D eigenvalue weighted by molar-refractivity contribution is -0.908. The van der Waals surface area contributed by atoms with E-state index in [0.29, 0.717) is 13.0 Å². The summed E-state index contributed by atoms with van der Waals surface area (Å²) < 4.78 is 0. The maximum Gasteiger partial charge on any atom is 0.338 e. The first-order valence-electron chi connectivity index (χ1n) is 8.34. The molecular formula is C16H23N5O3+2. The number of hydrogen-bond donors (Lipinski definition) is 1. The molecule has 0 unspecified atom stereocenters. The van der Waals surface area contributed by atoms with Crippen molar-refractivity contribution in [3.63, 3.8) is 0 Å². The van der Waals surface area contributed by atoms with Gasteiger partial charge in [0.1, 0.15) is 26.2 Å². The van der Waals surface area contributed by atoms with Gasteiger partial charge in [0, 0.05) is 12.6 Å². The van der Waals surface area contributed by atoms with E-state index in [0.717, 1.165) is 46.7 Å². The largest absolute Gasteiger partial charge is 0.338 e. The number of imide groups is 2. The summed E-state index contributed by atoms with van der Waals surface area (Å²) in [5.41, 5.74) is 0. The van der Waals surface area contributed by atoms with Gasteiger partial charge in [-0.15, -0.1) is 0 Å². The molecule has 24 heavy (non-hydrogen) atoms. The number of urea groups is 1. The van der Waals surface area contributed by atoms with Crippen LogP contribution in [0.2, 0.25) is 0 Å². The number of nitrogens with zero attached hydrogens (tertiary/aromatic N) is 3. The molecule has 4 amide bonds. The molecule has 2 aliphatic rings. The minimum atomic E-state index is -0.696. The van der Waals surface area contributed by atoms with Crippen molar-refractivity contribution >= 4 is 23.7 Å². The maximum absolute atomic E-state index is 12.3. The molecular weight excluding hydrogens is 310 g/mol. The lowest BCUT2D eigenvalue weighted by Gasteiger charge is -2.29. The highest BCUT2D eigenvalue weighted by Gasteiger charge is 2.46. The normalized spacial score (nSPS) is 19.5. The van der Waals surface area contributed by atoms with Crippen LogP contribution in [-0.4, -0.2) is 67.0 Å². The molecule has 8 nitrogen and oxygen atoms in total. The van der Waals surface area contributed by atoms with Gasteiger partial charge in [-0.25, -0.2) is 14.7 Å². The number of aromatic nitrogens is 1. The predicted octanol–water partition coefficient (Wildman–Crippen LogP) is -1.64. The third kappa shape index (κ3) is 3.09. The van der Waals surface area contributed by atoms with Crippen LogP contribution in [0, 0.1) is 0 Å². The van der Waals surface area contributed by atoms with Gasteiger partial charge in [0.15, 0.2) is 6.67 Å². The molecule has 1 aromatic rings. The quantitative estimate of drug-likeness (QED) is 0.518. The highest BCUT2D eigenvalue weighted by Crippen LogP contribution is 2.11. The molecule has 2 saturated heterocycles. The Bertz CT molecular complexity index is 628. The van der Waals surface area contributed by atoms with E-state index < -0.39 is 17.8 Å². The van der Waals surface area contributed by atoms with Crippen molar-refractivity contribution in [3.05, 3.63) is 24.4 Å². The van der Waals surface area contributed by atoms with Gasteiger partial charge in [0.05, 0.1) is 6.20 Å². The first kappa shape index (κ1) is 16.4. The van der Waals surface area contributed by atoms with Crippen LogP contribution in [0.25, 0.3) is 0 Å². The lowest BCUT2D eigenvalue weighted by Crippen LogP contribution is -3.16. The molecule has 2 aliphatic heterocycles. The number of carbonyl (C=O) groups excluding carboxylic acids is 3. The predicted molar refractivity (Wildman–Crippen MR) is 85.0 cm³/mol. The van der Waals surface area contributed by atoms with Crippen LogP contribution in [0.3, 0.4) is 0 Å². The van der Waals surface area contributed by atoms with Gasteiger partial charge >= 0.3 is 17.8 Å². The number of pyridine rings is 1. The fourth-order valence-electron chi connectivity index (χ4n) is 3.14. The van der Waals surface area contributed by atoms with Crippen molar-refractivity contribution in [2.75, 3.05) is 44.3 Å². The van der Waals surface area contributed by atoms with Crippen LogP contribution < -0.4 is 14.8 Å². The van der Waals surface area contributed by atoms with E-state index in [1.807, 2.05) is 31.3 Å². The molecule has 0 radical (unpaired) electrons. The number of piperazine rings is 1. The number of nitrogens with one attached hydrogen (secondary N) is 2. The van der Waals surface area contributed by atoms with E-state index >= 15 is 0 Å². The monoisotopic (exact) mass is 333 g/mol. The lowest BCUT2D eigenvalue weighted by atomic mass is 10.3. The second-order valence-electron chi connectivity index (χ2n) is 6.12. The highest BCUT2D eigenvalue weighted by molar-refractivity contribution is 6.44. The fourth-order valence-corrected chi connectivity index (χ4v) is 3.14. The maximum atomic E-state index is 12.3. The number of H-pyrrole nitrogens is 1. The van der Waals surface area contributed by atoms with Crippen molar-refractivity contribution in [1.82, 2.24) is 9.80 Å². The Morgan fingerprint density at radius 1 is 1.08 bits per heavy atom. The topological polar surface area (TPSA) is 79.5 Å². The van der Waals surface area contributed by atoms with Crippen LogP contribution in [0.5, 0.6) is 0 Å². The average Bonchev–Trinajstić information content (AvgIpc) is 2.81. The molecule has 0 aliphatic carbocycles. The molecule has 0 atom stereocenters. The molecule has 3 rings (SSSR count). The summed E-state index contributed by atoms with van der Waals surface area (Å²) >= 11 is 0. The summed E-state index contributed by atoms with van der Waals surface area (Å²) in [5, 5.41) is 0. The number of aromatic amines is 1. The number of rotatable bonds is 5. The van der Waals surface area contributed by atoms with Crippen molar-refractivity contribution < 1.29 is 24.3 Å². The summed E-state index contributed by atoms with van der Waals surface area (Å²) in [5.74, 6) is -0.326. The van der Waals surface area contributed by atoms with Crippen molar-refractivity contribution in [3.8, 4) is 0 Å². The van der Waals surface area contributed by atoms with Gasteiger partial charge in [0.25, 0.3) is 5.82 Å². The summed E-state index contributed by atoms with van der Waals surface area (Å²) in [7, 11) is 0. The minimum Gasteiger partial charge on any atom is -0.311 e. The van der Waals surface area contributed by atoms with E-state index in [4.69, 9.17) is 0 Å². The Hall–Kier alpha value is -2.48. The van der Waals surface area contributed by atoms with Crippen LogP contribution >= 0.6 is 0 Å². The van der Waals surface area contributed by atoms with Gasteiger partial charge in [-0.3, -0.25) is 19.4 Å². The van der Waals surface area contributed by atoms with Gasteiger partial charge < -0.3 is 4.90 Å². The Labute approximate surface area is 140 Å². The van der Waals surface area contributed by atoms with Gasteiger partial charge in [-0.05, 0) is 12.5 Å². The smallest absolute Gasteiger partial charge is 0.311 e. The molecule has 8 heteroatoms. The van der Waals surface area contributed by atoms with E-state index in [1.165, 1.54) is 0 Å². The zero-order chi connectivity index (χ0) is 17.1. The van der Waals surface area contributed by atoms with Crippen LogP contribution in [0.4, 0.5) is 10.6 Å². The van der Waals surface area contributed by atoms with Crippen molar-refractivity contribution in [1.29, 1.82) is 0 Å². The summed E-state index contributed by atoms with van der Waals surface area (Å²) in [6.45, 7) is 5.71. The number of hydrogen-bond acceptors (Lipinski definition) is 4. The minimum absolute atomic E-state index is 0.260. The molecule has 0 bridgehead atoms. The zero-order valence-electron chi connectivity index (χ0n) is 13.8. The number of quaternary nitrogens is 1. The van der Waals surface area contributed by atoms with E-state index in [1.54, 1.807) is 0 Å². The molecule has 0 spiro atoms. The van der Waals surface area contributed by atoms with Gasteiger partial charge in [-0.2, -0.15) is 0 Å². The molecule has 3 heterocycles. The number of carbonyl (C=O) groups is 3. The summed E-state index contributed by atoms with van der Waals surface area (Å²) in [4.78, 5) is 44.9. The average molecular weight is 333 g/mol. The molecule has 2 fully saturated rings. The highest BCUT2D eigenvalue weighted by atomic mass is 16.2. The molecule has 128 valence electrons. The summed E-state index contributed by atoms with van der Waals surface area (Å²) in [6.07, 6.45) is 2.54. The molecule has 1 aromatic heterocycles. The third-order valence-electron chi connectivity index (χ3n) is 4.47. The SMILES string of the molecule is CCCN1C(=O)C(=O)N(C[NH+]2CCN(c3cccc[nH+]3)CC2)C1=O. The number of anilines is 1. The van der Waals surface area contributed by atoms with E-state index in [9.17, 15) is 14.4 Å². The molecule has 2 N–H and O–H groups in total. The Morgan fingerprint density at radius 2 is 1.79 bits per heavy atom. The van der Waals surface area contributed by atoms with Crippen LogP contribution in [0.1, 0.15) is 13.3 Å². The first-order valence-corrected chi connectivity index (χ1v) is 8.34. The number of amides is 4. The van der Waals surface area contributed by atoms with Crippen molar-refractivity contribution in [2.24, 2.45) is 0 Å². The fraction of sp³-hybridized carbons (Fsp3) is 0.500. The summed E-state index contributed by atoms with van der Waals surface area (Å²) in [6, 6.07) is 5.48. The molecule has 0 saturated carbocycles.